The Hall–Kier alpha value is -3.19. The number of amides is 1. The van der Waals surface area contributed by atoms with Crippen molar-refractivity contribution in [3.63, 3.8) is 0 Å². The maximum absolute atomic E-state index is 14.5. The van der Waals surface area contributed by atoms with Gasteiger partial charge < -0.3 is 48.3 Å². The second kappa shape index (κ2) is 27.9. The summed E-state index contributed by atoms with van der Waals surface area (Å²) in [5.41, 5.74) is 1.25. The van der Waals surface area contributed by atoms with Crippen LogP contribution in [0.15, 0.2) is 47.6 Å². The first kappa shape index (κ1) is 60.4. The van der Waals surface area contributed by atoms with Gasteiger partial charge in [0.1, 0.15) is 30.1 Å². The number of carbonyl (C=O) groups excluding carboxylic acids is 5. The standard InChI is InChI=1S/C55H89NO14Si/c1-13-42-34(2)19-15-14-16-20-35(3)46(65-8)32-41-24-22-39(7)55(63,70-41)52(60)53(61)56-26-18-17-21-43(56)54(62)69-47(33-44(57)36(4)29-38(6)49(58)51(67-10)50(42)59)37(5)30-40-23-25-45(48(31-40)66-9)68-27-28-71(11,12)64/h14-16,19-20,29,34,36-37,39-43,45-49,51,58,63-64H,13,17-18,21-28,30-33H2,1-12H3/b16-14+,19-15+,35-20+,38-29+/t34-,36-,37+,39-,40+,41+,42?,43+,45-,46+,47+,48-,49-,51-,55-/m1/s1. The number of Topliss-reactive ketones (excluding diaryl/α,β-unsaturated/α-hetero) is 3. The zero-order valence-corrected chi connectivity index (χ0v) is 45.9. The average Bonchev–Trinajstić information content (AvgIpc) is 3.33. The van der Waals surface area contributed by atoms with E-state index in [-0.39, 0.29) is 60.9 Å². The lowest BCUT2D eigenvalue weighted by Crippen LogP contribution is -2.61. The Morgan fingerprint density at radius 2 is 1.61 bits per heavy atom. The molecule has 0 aromatic heterocycles. The number of esters is 1. The number of methoxy groups -OCH3 is 3. The molecule has 2 saturated heterocycles. The first-order valence-corrected chi connectivity index (χ1v) is 29.5. The van der Waals surface area contributed by atoms with Crippen LogP contribution in [0.4, 0.5) is 0 Å². The minimum Gasteiger partial charge on any atom is -0.460 e. The predicted octanol–water partition coefficient (Wildman–Crippen LogP) is 7.40. The molecule has 4 aliphatic rings. The van der Waals surface area contributed by atoms with Gasteiger partial charge in [0, 0.05) is 65.1 Å². The van der Waals surface area contributed by atoms with Crippen molar-refractivity contribution in [2.75, 3.05) is 34.5 Å². The van der Waals surface area contributed by atoms with Gasteiger partial charge in [-0.1, -0.05) is 71.1 Å². The number of nitrogens with zero attached hydrogens (tertiary/aromatic N) is 1. The summed E-state index contributed by atoms with van der Waals surface area (Å²) >= 11 is 0. The number of ketones is 3. The fourth-order valence-electron chi connectivity index (χ4n) is 10.9. The number of piperidine rings is 1. The van der Waals surface area contributed by atoms with Gasteiger partial charge in [0.05, 0.1) is 24.4 Å². The van der Waals surface area contributed by atoms with Gasteiger partial charge in [-0.15, -0.1) is 0 Å². The van der Waals surface area contributed by atoms with Crippen LogP contribution in [-0.2, 0) is 52.4 Å². The Labute approximate surface area is 425 Å². The van der Waals surface area contributed by atoms with Crippen molar-refractivity contribution in [1.29, 1.82) is 0 Å². The minimum atomic E-state index is -2.44. The summed E-state index contributed by atoms with van der Waals surface area (Å²) < 4.78 is 36.2. The highest BCUT2D eigenvalue weighted by atomic mass is 28.4. The van der Waals surface area contributed by atoms with Crippen molar-refractivity contribution in [2.24, 2.45) is 35.5 Å². The van der Waals surface area contributed by atoms with Crippen molar-refractivity contribution < 1.29 is 67.4 Å². The Morgan fingerprint density at radius 3 is 2.25 bits per heavy atom. The van der Waals surface area contributed by atoms with E-state index in [1.54, 1.807) is 41.1 Å². The van der Waals surface area contributed by atoms with E-state index >= 15 is 0 Å². The van der Waals surface area contributed by atoms with Crippen molar-refractivity contribution in [3.8, 4) is 0 Å². The topological polar surface area (TPSA) is 205 Å². The molecule has 3 fully saturated rings. The predicted molar refractivity (Wildman–Crippen MR) is 273 cm³/mol. The fraction of sp³-hybridized carbons (Fsp3) is 0.764. The van der Waals surface area contributed by atoms with Crippen LogP contribution in [0.2, 0.25) is 19.1 Å². The molecule has 0 radical (unpaired) electrons. The molecular weight excluding hydrogens is 927 g/mol. The Bertz CT molecular complexity index is 1910. The molecule has 3 heterocycles. The Balaban J connectivity index is 1.71. The van der Waals surface area contributed by atoms with Crippen molar-refractivity contribution in [3.05, 3.63) is 47.6 Å². The second-order valence-corrected chi connectivity index (χ2v) is 25.9. The molecule has 71 heavy (non-hydrogen) atoms. The number of carbonyl (C=O) groups is 5. The van der Waals surface area contributed by atoms with Gasteiger partial charge in [0.2, 0.25) is 5.79 Å². The third-order valence-corrected chi connectivity index (χ3v) is 17.1. The van der Waals surface area contributed by atoms with Crippen molar-refractivity contribution >= 4 is 37.5 Å². The fourth-order valence-corrected chi connectivity index (χ4v) is 11.5. The lowest BCUT2D eigenvalue weighted by molar-refractivity contribution is -0.265. The molecule has 1 unspecified atom stereocenters. The third kappa shape index (κ3) is 16.7. The maximum Gasteiger partial charge on any atom is 0.329 e. The molecular formula is C55H89NO14Si. The molecule has 402 valence electrons. The molecule has 16 heteroatoms. The molecule has 15 atom stereocenters. The van der Waals surface area contributed by atoms with Gasteiger partial charge in [-0.05, 0) is 126 Å². The van der Waals surface area contributed by atoms with Gasteiger partial charge in [-0.2, -0.15) is 0 Å². The summed E-state index contributed by atoms with van der Waals surface area (Å²) in [5, 5.41) is 23.6. The largest absolute Gasteiger partial charge is 0.460 e. The first-order valence-electron chi connectivity index (χ1n) is 26.3. The third-order valence-electron chi connectivity index (χ3n) is 15.7. The Morgan fingerprint density at radius 1 is 0.887 bits per heavy atom. The first-order chi connectivity index (χ1) is 33.5. The van der Waals surface area contributed by atoms with Crippen LogP contribution >= 0.6 is 0 Å². The number of ether oxygens (including phenoxy) is 6. The van der Waals surface area contributed by atoms with E-state index in [1.807, 2.05) is 71.2 Å². The van der Waals surface area contributed by atoms with E-state index in [4.69, 9.17) is 28.4 Å². The van der Waals surface area contributed by atoms with Gasteiger partial charge in [-0.3, -0.25) is 19.2 Å². The summed E-state index contributed by atoms with van der Waals surface area (Å²) in [6, 6.07) is -0.527. The zero-order chi connectivity index (χ0) is 52.8. The summed E-state index contributed by atoms with van der Waals surface area (Å²) in [6.07, 6.45) is 11.9. The molecule has 4 rings (SSSR count). The van der Waals surface area contributed by atoms with Gasteiger partial charge >= 0.3 is 5.97 Å². The van der Waals surface area contributed by atoms with Crippen LogP contribution in [0.25, 0.3) is 0 Å². The molecule has 2 bridgehead atoms. The van der Waals surface area contributed by atoms with E-state index in [2.05, 4.69) is 0 Å². The lowest BCUT2D eigenvalue weighted by Gasteiger charge is -2.42. The monoisotopic (exact) mass is 1020 g/mol. The minimum absolute atomic E-state index is 0.0872. The molecule has 3 aliphatic heterocycles. The Kier molecular flexibility index (Phi) is 23.7. The number of cyclic esters (lactones) is 1. The van der Waals surface area contributed by atoms with Crippen molar-refractivity contribution in [2.45, 2.75) is 199 Å². The number of allylic oxidation sites excluding steroid dienone is 6. The number of aliphatic hydroxyl groups excluding tert-OH is 1. The molecule has 0 aromatic rings. The van der Waals surface area contributed by atoms with Crippen LogP contribution in [-0.4, -0.2) is 146 Å². The number of hydrogen-bond donors (Lipinski definition) is 3. The molecule has 1 aliphatic carbocycles. The zero-order valence-electron chi connectivity index (χ0n) is 44.9. The van der Waals surface area contributed by atoms with Gasteiger partial charge in [0.15, 0.2) is 14.1 Å². The number of aliphatic hydroxyl groups is 2. The van der Waals surface area contributed by atoms with Crippen molar-refractivity contribution in [1.82, 2.24) is 4.90 Å². The highest BCUT2D eigenvalue weighted by molar-refractivity contribution is 6.69. The van der Waals surface area contributed by atoms with E-state index in [0.717, 1.165) is 18.4 Å². The maximum atomic E-state index is 14.5. The van der Waals surface area contributed by atoms with E-state index < -0.39 is 86.1 Å². The lowest BCUT2D eigenvalue weighted by atomic mass is 9.78. The molecule has 3 N–H and O–H groups in total. The average molecular weight is 1020 g/mol. The van der Waals surface area contributed by atoms with Crippen LogP contribution < -0.4 is 0 Å². The number of fused-ring (bicyclic) bond motifs is 3. The van der Waals surface area contributed by atoms with Crippen LogP contribution in [0.3, 0.4) is 0 Å². The van der Waals surface area contributed by atoms with Crippen LogP contribution in [0.5, 0.6) is 0 Å². The van der Waals surface area contributed by atoms with Gasteiger partial charge in [0.25, 0.3) is 11.7 Å². The summed E-state index contributed by atoms with van der Waals surface area (Å²) in [7, 11) is 2.34. The smallest absolute Gasteiger partial charge is 0.329 e. The quantitative estimate of drug-likeness (QED) is 0.0799. The van der Waals surface area contributed by atoms with E-state index in [9.17, 15) is 39.0 Å². The SMILES string of the molecule is CCC1C(=O)[C@H](OC)[C@H](O)/C(C)=C/[C@@H](C)C(=O)C[C@@H]([C@@H](C)C[C@@H]2CC[C@@H](OCC[Si](C)(C)O)[C@H](OC)C2)OC(=O)[C@@H]2CCCCN2C(=O)C(=O)[C@]2(O)O[C@@H](CC[C@H]2C)C[C@H](OC)/C(C)=C/C=C/C=C/[C@H]1C. The van der Waals surface area contributed by atoms with E-state index in [1.165, 1.54) is 12.0 Å². The van der Waals surface area contributed by atoms with Crippen LogP contribution in [0, 0.1) is 35.5 Å². The number of rotatable bonds is 11. The molecule has 1 amide bonds. The molecule has 15 nitrogen and oxygen atoms in total. The molecule has 1 saturated carbocycles. The second-order valence-electron chi connectivity index (χ2n) is 21.8. The normalized spacial score (nSPS) is 38.1. The van der Waals surface area contributed by atoms with E-state index in [0.29, 0.717) is 69.6 Å². The van der Waals surface area contributed by atoms with Crippen LogP contribution in [0.1, 0.15) is 126 Å². The highest BCUT2D eigenvalue weighted by Crippen LogP contribution is 2.38. The molecule has 0 aromatic carbocycles. The summed E-state index contributed by atoms with van der Waals surface area (Å²) in [4.78, 5) is 83.1. The highest BCUT2D eigenvalue weighted by Gasteiger charge is 2.53. The van der Waals surface area contributed by atoms with Gasteiger partial charge in [-0.25, -0.2) is 4.79 Å². The molecule has 0 spiro atoms. The number of hydrogen-bond acceptors (Lipinski definition) is 14. The summed E-state index contributed by atoms with van der Waals surface area (Å²) in [5.74, 6) is -8.18. The summed E-state index contributed by atoms with van der Waals surface area (Å²) in [6.45, 7) is 17.1.